The molecule has 1 saturated heterocycles. The van der Waals surface area contributed by atoms with Crippen molar-refractivity contribution in [1.82, 2.24) is 5.32 Å². The van der Waals surface area contributed by atoms with Crippen LogP contribution < -0.4 is 5.32 Å². The summed E-state index contributed by atoms with van der Waals surface area (Å²) in [7, 11) is 0. The molecule has 0 radical (unpaired) electrons. The quantitative estimate of drug-likeness (QED) is 0.823. The van der Waals surface area contributed by atoms with E-state index in [1.807, 2.05) is 23.5 Å². The number of nitrogens with one attached hydrogen (secondary N) is 1. The number of amides is 1. The molecule has 1 unspecified atom stereocenters. The second kappa shape index (κ2) is 6.70. The molecule has 2 rings (SSSR count). The average Bonchev–Trinajstić information content (AvgIpc) is 2.78. The lowest BCUT2D eigenvalue weighted by molar-refractivity contribution is -0.141. The number of hydrogen-bond acceptors (Lipinski definition) is 4. The third-order valence-corrected chi connectivity index (χ3v) is 6.29. The fourth-order valence-electron chi connectivity index (χ4n) is 2.48. The van der Waals surface area contributed by atoms with E-state index in [-0.39, 0.29) is 17.9 Å². The van der Waals surface area contributed by atoms with E-state index in [1.54, 1.807) is 0 Å². The van der Waals surface area contributed by atoms with E-state index in [2.05, 4.69) is 5.32 Å². The predicted molar refractivity (Wildman–Crippen MR) is 75.1 cm³/mol. The van der Waals surface area contributed by atoms with E-state index in [0.717, 1.165) is 17.9 Å². The summed E-state index contributed by atoms with van der Waals surface area (Å²) in [4.78, 5) is 22.7. The summed E-state index contributed by atoms with van der Waals surface area (Å²) in [5.74, 6) is 2.46. The third kappa shape index (κ3) is 4.09. The molecule has 2 N–H and O–H groups in total. The molecule has 1 amide bonds. The first kappa shape index (κ1) is 14.1. The van der Waals surface area contributed by atoms with E-state index in [4.69, 9.17) is 5.11 Å². The fraction of sp³-hybridized carbons (Fsp3) is 0.833. The van der Waals surface area contributed by atoms with Crippen LogP contribution in [-0.2, 0) is 9.59 Å². The molecule has 102 valence electrons. The average molecular weight is 289 g/mol. The zero-order valence-corrected chi connectivity index (χ0v) is 11.9. The first-order chi connectivity index (χ1) is 8.65. The predicted octanol–water partition coefficient (Wildman–Crippen LogP) is 1.59. The van der Waals surface area contributed by atoms with Crippen molar-refractivity contribution in [3.63, 3.8) is 0 Å². The second-order valence-corrected chi connectivity index (χ2v) is 7.44. The van der Waals surface area contributed by atoms with Crippen molar-refractivity contribution < 1.29 is 14.7 Å². The number of carbonyl (C=O) groups excluding carboxylic acids is 1. The van der Waals surface area contributed by atoms with E-state index in [0.29, 0.717) is 24.5 Å². The van der Waals surface area contributed by atoms with Crippen LogP contribution >= 0.6 is 23.5 Å². The first-order valence-corrected chi connectivity index (χ1v) is 8.57. The Kier molecular flexibility index (Phi) is 5.24. The fourth-order valence-corrected chi connectivity index (χ4v) is 5.16. The smallest absolute Gasteiger partial charge is 0.306 e. The molecule has 4 nitrogen and oxygen atoms in total. The Bertz CT molecular complexity index is 318. The van der Waals surface area contributed by atoms with Gasteiger partial charge in [-0.25, -0.2) is 0 Å². The minimum atomic E-state index is -0.731. The van der Waals surface area contributed by atoms with Gasteiger partial charge in [0.15, 0.2) is 0 Å². The highest BCUT2D eigenvalue weighted by Gasteiger charge is 2.30. The molecule has 0 spiro atoms. The maximum Gasteiger partial charge on any atom is 0.306 e. The summed E-state index contributed by atoms with van der Waals surface area (Å²) >= 11 is 3.79. The topological polar surface area (TPSA) is 66.4 Å². The number of rotatable bonds is 4. The van der Waals surface area contributed by atoms with Crippen LogP contribution in [0.15, 0.2) is 0 Å². The van der Waals surface area contributed by atoms with Gasteiger partial charge in [-0.2, -0.15) is 23.5 Å². The minimum absolute atomic E-state index is 0.0693. The van der Waals surface area contributed by atoms with Gasteiger partial charge in [-0.1, -0.05) is 0 Å². The van der Waals surface area contributed by atoms with Crippen LogP contribution in [-0.4, -0.2) is 45.5 Å². The highest BCUT2D eigenvalue weighted by molar-refractivity contribution is 8.06. The molecule has 0 aromatic heterocycles. The van der Waals surface area contributed by atoms with Gasteiger partial charge in [0.05, 0.1) is 5.92 Å². The Labute approximate surface area is 116 Å². The Balaban J connectivity index is 1.69. The van der Waals surface area contributed by atoms with Crippen molar-refractivity contribution in [3.05, 3.63) is 0 Å². The number of carbonyl (C=O) groups is 2. The Morgan fingerprint density at radius 1 is 1.28 bits per heavy atom. The molecular formula is C12H19NO3S2. The minimum Gasteiger partial charge on any atom is -0.481 e. The van der Waals surface area contributed by atoms with Gasteiger partial charge in [0, 0.05) is 35.0 Å². The van der Waals surface area contributed by atoms with E-state index < -0.39 is 5.97 Å². The van der Waals surface area contributed by atoms with Crippen molar-refractivity contribution in [2.45, 2.75) is 37.0 Å². The second-order valence-electron chi connectivity index (χ2n) is 4.88. The normalized spacial score (nSPS) is 32.1. The van der Waals surface area contributed by atoms with Crippen molar-refractivity contribution in [2.75, 3.05) is 17.3 Å². The molecular weight excluding hydrogens is 270 g/mol. The van der Waals surface area contributed by atoms with Crippen LogP contribution in [0.3, 0.4) is 0 Å². The van der Waals surface area contributed by atoms with Gasteiger partial charge in [-0.05, 0) is 19.3 Å². The van der Waals surface area contributed by atoms with Crippen LogP contribution in [0.5, 0.6) is 0 Å². The Morgan fingerprint density at radius 3 is 2.72 bits per heavy atom. The van der Waals surface area contributed by atoms with E-state index in [1.165, 1.54) is 5.75 Å². The molecule has 2 fully saturated rings. The highest BCUT2D eigenvalue weighted by Crippen LogP contribution is 2.28. The summed E-state index contributed by atoms with van der Waals surface area (Å²) in [6, 6.07) is 0.0693. The standard InChI is InChI=1S/C12H19NO3S2/c14-11(6-10-7-17-3-4-18-10)13-9-2-1-8(5-9)12(15)16/h8-10H,1-7H2,(H,13,14)(H,15,16)/t8-,9+,10?/m1/s1. The van der Waals surface area contributed by atoms with Gasteiger partial charge >= 0.3 is 5.97 Å². The first-order valence-electron chi connectivity index (χ1n) is 6.36. The van der Waals surface area contributed by atoms with Gasteiger partial charge in [-0.3, -0.25) is 9.59 Å². The lowest BCUT2D eigenvalue weighted by Gasteiger charge is -2.21. The van der Waals surface area contributed by atoms with Crippen LogP contribution in [0.4, 0.5) is 0 Å². The maximum absolute atomic E-state index is 11.9. The largest absolute Gasteiger partial charge is 0.481 e. The lowest BCUT2D eigenvalue weighted by Crippen LogP contribution is -2.35. The molecule has 0 bridgehead atoms. The molecule has 2 aliphatic rings. The van der Waals surface area contributed by atoms with Gasteiger partial charge in [0.1, 0.15) is 0 Å². The molecule has 18 heavy (non-hydrogen) atoms. The SMILES string of the molecule is O=C(CC1CSCCS1)N[C@H]1CC[C@@H](C(=O)O)C1. The number of hydrogen-bond donors (Lipinski definition) is 2. The Morgan fingerprint density at radius 2 is 2.11 bits per heavy atom. The zero-order valence-electron chi connectivity index (χ0n) is 10.3. The van der Waals surface area contributed by atoms with Crippen LogP contribution in [0.1, 0.15) is 25.7 Å². The molecule has 0 aromatic carbocycles. The van der Waals surface area contributed by atoms with Crippen LogP contribution in [0.2, 0.25) is 0 Å². The zero-order chi connectivity index (χ0) is 13.0. The summed E-state index contributed by atoms with van der Waals surface area (Å²) < 4.78 is 0. The Hall–Kier alpha value is -0.360. The summed E-state index contributed by atoms with van der Waals surface area (Å²) in [5.41, 5.74) is 0. The number of aliphatic carboxylic acids is 1. The van der Waals surface area contributed by atoms with E-state index >= 15 is 0 Å². The monoisotopic (exact) mass is 289 g/mol. The molecule has 3 atom stereocenters. The number of thioether (sulfide) groups is 2. The number of carboxylic acid groups (broad SMARTS) is 1. The molecule has 0 aromatic rings. The maximum atomic E-state index is 11.9. The third-order valence-electron chi connectivity index (χ3n) is 3.45. The van der Waals surface area contributed by atoms with Crippen LogP contribution in [0.25, 0.3) is 0 Å². The van der Waals surface area contributed by atoms with Crippen molar-refractivity contribution in [3.8, 4) is 0 Å². The van der Waals surface area contributed by atoms with Crippen LogP contribution in [0, 0.1) is 5.92 Å². The van der Waals surface area contributed by atoms with Crippen molar-refractivity contribution >= 4 is 35.4 Å². The van der Waals surface area contributed by atoms with Crippen molar-refractivity contribution in [2.24, 2.45) is 5.92 Å². The molecule has 1 saturated carbocycles. The van der Waals surface area contributed by atoms with Gasteiger partial charge in [0.2, 0.25) is 5.91 Å². The highest BCUT2D eigenvalue weighted by atomic mass is 32.2. The molecule has 1 heterocycles. The van der Waals surface area contributed by atoms with Gasteiger partial charge in [-0.15, -0.1) is 0 Å². The lowest BCUT2D eigenvalue weighted by atomic mass is 10.1. The number of carboxylic acids is 1. The van der Waals surface area contributed by atoms with Crippen molar-refractivity contribution in [1.29, 1.82) is 0 Å². The summed E-state index contributed by atoms with van der Waals surface area (Å²) in [6.07, 6.45) is 2.66. The molecule has 6 heteroatoms. The summed E-state index contributed by atoms with van der Waals surface area (Å²) in [5, 5.41) is 12.3. The van der Waals surface area contributed by atoms with Gasteiger partial charge in [0.25, 0.3) is 0 Å². The van der Waals surface area contributed by atoms with E-state index in [9.17, 15) is 9.59 Å². The molecule has 1 aliphatic carbocycles. The summed E-state index contributed by atoms with van der Waals surface area (Å²) in [6.45, 7) is 0. The van der Waals surface area contributed by atoms with Gasteiger partial charge < -0.3 is 10.4 Å². The molecule has 1 aliphatic heterocycles.